The van der Waals surface area contributed by atoms with Gasteiger partial charge in [-0.1, -0.05) is 36.4 Å². The van der Waals surface area contributed by atoms with E-state index in [1.807, 2.05) is 67.6 Å². The van der Waals surface area contributed by atoms with Gasteiger partial charge in [-0.25, -0.2) is 0 Å². The van der Waals surface area contributed by atoms with E-state index in [4.69, 9.17) is 18.6 Å². The van der Waals surface area contributed by atoms with Crippen molar-refractivity contribution >= 4 is 22.4 Å². The number of allylic oxidation sites excluding steroid dienone is 1. The minimum absolute atomic E-state index is 0.166. The van der Waals surface area contributed by atoms with Gasteiger partial charge in [0, 0.05) is 35.2 Å². The fourth-order valence-corrected chi connectivity index (χ4v) is 4.06. The Morgan fingerprint density at radius 3 is 2.37 bits per heavy atom. The second kappa shape index (κ2) is 10.8. The van der Waals surface area contributed by atoms with E-state index in [2.05, 4.69) is 5.32 Å². The average molecular weight is 472 g/mol. The molecular weight excluding hydrogens is 442 g/mol. The molecule has 6 nitrogen and oxygen atoms in total. The van der Waals surface area contributed by atoms with Crippen LogP contribution in [0.3, 0.4) is 0 Å². The molecule has 0 spiro atoms. The number of amides is 1. The lowest BCUT2D eigenvalue weighted by molar-refractivity contribution is -0.116. The zero-order chi connectivity index (χ0) is 24.8. The number of hydrogen-bond acceptors (Lipinski definition) is 5. The Morgan fingerprint density at radius 2 is 1.66 bits per heavy atom. The zero-order valence-electron chi connectivity index (χ0n) is 20.4. The topological polar surface area (TPSA) is 69.9 Å². The van der Waals surface area contributed by atoms with Crippen LogP contribution in [0.1, 0.15) is 18.1 Å². The largest absolute Gasteiger partial charge is 0.496 e. The van der Waals surface area contributed by atoms with Crippen molar-refractivity contribution in [3.8, 4) is 28.4 Å². The van der Waals surface area contributed by atoms with Gasteiger partial charge in [0.05, 0.1) is 27.6 Å². The second-order valence-corrected chi connectivity index (χ2v) is 8.12. The third-order valence-corrected chi connectivity index (χ3v) is 5.91. The van der Waals surface area contributed by atoms with Gasteiger partial charge in [0.15, 0.2) is 11.5 Å². The highest BCUT2D eigenvalue weighted by atomic mass is 16.5. The minimum atomic E-state index is -0.166. The Bertz CT molecular complexity index is 1350. The van der Waals surface area contributed by atoms with Gasteiger partial charge in [0.1, 0.15) is 11.3 Å². The molecule has 4 rings (SSSR count). The Balaban J connectivity index is 1.50. The van der Waals surface area contributed by atoms with Gasteiger partial charge in [0.2, 0.25) is 5.91 Å². The van der Waals surface area contributed by atoms with Gasteiger partial charge >= 0.3 is 0 Å². The predicted octanol–water partition coefficient (Wildman–Crippen LogP) is 5.89. The van der Waals surface area contributed by atoms with Gasteiger partial charge < -0.3 is 23.9 Å². The van der Waals surface area contributed by atoms with E-state index in [9.17, 15) is 4.79 Å². The van der Waals surface area contributed by atoms with E-state index in [1.54, 1.807) is 33.7 Å². The third-order valence-electron chi connectivity index (χ3n) is 5.91. The summed E-state index contributed by atoms with van der Waals surface area (Å²) in [5, 5.41) is 3.92. The highest BCUT2D eigenvalue weighted by molar-refractivity contribution is 6.00. The highest BCUT2D eigenvalue weighted by Gasteiger charge is 2.15. The van der Waals surface area contributed by atoms with Gasteiger partial charge in [-0.2, -0.15) is 0 Å². The summed E-state index contributed by atoms with van der Waals surface area (Å²) in [5.41, 5.74) is 5.48. The van der Waals surface area contributed by atoms with Crippen LogP contribution in [0.15, 0.2) is 77.4 Å². The molecule has 180 valence electrons. The zero-order valence-corrected chi connectivity index (χ0v) is 20.4. The molecule has 35 heavy (non-hydrogen) atoms. The number of ether oxygens (including phenoxy) is 3. The highest BCUT2D eigenvalue weighted by Crippen LogP contribution is 2.37. The summed E-state index contributed by atoms with van der Waals surface area (Å²) in [6, 6.07) is 19.7. The van der Waals surface area contributed by atoms with Gasteiger partial charge in [-0.3, -0.25) is 4.79 Å². The number of rotatable bonds is 9. The molecule has 0 saturated carbocycles. The number of fused-ring (bicyclic) bond motifs is 1. The molecular formula is C29H29NO5. The lowest BCUT2D eigenvalue weighted by Gasteiger charge is -2.11. The van der Waals surface area contributed by atoms with E-state index in [0.29, 0.717) is 30.2 Å². The Kier molecular flexibility index (Phi) is 7.41. The first-order valence-electron chi connectivity index (χ1n) is 11.4. The molecule has 6 heteroatoms. The monoisotopic (exact) mass is 471 g/mol. The summed E-state index contributed by atoms with van der Waals surface area (Å²) >= 11 is 0. The van der Waals surface area contributed by atoms with Crippen LogP contribution in [0.4, 0.5) is 0 Å². The van der Waals surface area contributed by atoms with Crippen LogP contribution in [-0.4, -0.2) is 33.8 Å². The van der Waals surface area contributed by atoms with E-state index in [0.717, 1.165) is 38.8 Å². The van der Waals surface area contributed by atoms with Crippen molar-refractivity contribution in [3.05, 3.63) is 84.1 Å². The van der Waals surface area contributed by atoms with Gasteiger partial charge in [-0.15, -0.1) is 0 Å². The number of carbonyl (C=O) groups excluding carboxylic acids is 1. The van der Waals surface area contributed by atoms with E-state index in [-0.39, 0.29) is 5.91 Å². The molecule has 0 atom stereocenters. The van der Waals surface area contributed by atoms with Gasteiger partial charge in [-0.05, 0) is 48.2 Å². The summed E-state index contributed by atoms with van der Waals surface area (Å²) in [6.45, 7) is 2.40. The molecule has 0 fully saturated rings. The van der Waals surface area contributed by atoms with E-state index in [1.165, 1.54) is 0 Å². The SMILES string of the molecule is COc1ccc(CCNC(=O)/C=C(\C)c2cc3c(-c4ccccc4)coc3cc2OC)cc1OC. The molecule has 1 heterocycles. The lowest BCUT2D eigenvalue weighted by Crippen LogP contribution is -2.23. The maximum atomic E-state index is 12.7. The smallest absolute Gasteiger partial charge is 0.244 e. The maximum Gasteiger partial charge on any atom is 0.244 e. The Hall–Kier alpha value is -4.19. The van der Waals surface area contributed by atoms with Crippen molar-refractivity contribution in [2.75, 3.05) is 27.9 Å². The molecule has 0 unspecified atom stereocenters. The standard InChI is InChI=1S/C29H29NO5/c1-19(14-29(31)30-13-12-20-10-11-25(32-2)28(15-20)34-4)22-16-23-24(21-8-6-5-7-9-21)18-35-27(23)17-26(22)33-3/h5-11,14-18H,12-13H2,1-4H3,(H,30,31)/b19-14+. The van der Waals surface area contributed by atoms with Crippen molar-refractivity contribution in [1.29, 1.82) is 0 Å². The number of benzene rings is 3. The second-order valence-electron chi connectivity index (χ2n) is 8.12. The first-order chi connectivity index (χ1) is 17.0. The normalized spacial score (nSPS) is 11.4. The fourth-order valence-electron chi connectivity index (χ4n) is 4.06. The molecule has 0 saturated heterocycles. The number of methoxy groups -OCH3 is 3. The average Bonchev–Trinajstić information content (AvgIpc) is 3.31. The first kappa shape index (κ1) is 24.0. The van der Waals surface area contributed by atoms with Crippen LogP contribution in [0.25, 0.3) is 27.7 Å². The van der Waals surface area contributed by atoms with Crippen molar-refractivity contribution in [2.24, 2.45) is 0 Å². The van der Waals surface area contributed by atoms with Crippen molar-refractivity contribution in [2.45, 2.75) is 13.3 Å². The lowest BCUT2D eigenvalue weighted by atomic mass is 9.99. The van der Waals surface area contributed by atoms with Crippen molar-refractivity contribution in [1.82, 2.24) is 5.32 Å². The Morgan fingerprint density at radius 1 is 0.914 bits per heavy atom. The molecule has 4 aromatic rings. The number of hydrogen-bond donors (Lipinski definition) is 1. The van der Waals surface area contributed by atoms with Crippen LogP contribution in [-0.2, 0) is 11.2 Å². The molecule has 1 N–H and O–H groups in total. The van der Waals surface area contributed by atoms with Crippen molar-refractivity contribution < 1.29 is 23.4 Å². The van der Waals surface area contributed by atoms with Crippen LogP contribution in [0, 0.1) is 0 Å². The van der Waals surface area contributed by atoms with Crippen LogP contribution in [0.2, 0.25) is 0 Å². The quantitative estimate of drug-likeness (QED) is 0.308. The van der Waals surface area contributed by atoms with Crippen molar-refractivity contribution in [3.63, 3.8) is 0 Å². The minimum Gasteiger partial charge on any atom is -0.496 e. The molecule has 0 aliphatic rings. The number of furan rings is 1. The molecule has 0 aliphatic heterocycles. The molecule has 0 radical (unpaired) electrons. The summed E-state index contributed by atoms with van der Waals surface area (Å²) in [7, 11) is 4.82. The van der Waals surface area contributed by atoms with E-state index >= 15 is 0 Å². The number of carbonyl (C=O) groups is 1. The van der Waals surface area contributed by atoms with Crippen LogP contribution >= 0.6 is 0 Å². The third kappa shape index (κ3) is 5.32. The number of nitrogens with one attached hydrogen (secondary N) is 1. The molecule has 0 aliphatic carbocycles. The molecule has 0 bridgehead atoms. The summed E-state index contributed by atoms with van der Waals surface area (Å²) in [4.78, 5) is 12.7. The summed E-state index contributed by atoms with van der Waals surface area (Å²) in [5.74, 6) is 1.83. The first-order valence-corrected chi connectivity index (χ1v) is 11.4. The van der Waals surface area contributed by atoms with Crippen LogP contribution in [0.5, 0.6) is 17.2 Å². The Labute approximate surface area is 205 Å². The summed E-state index contributed by atoms with van der Waals surface area (Å²) in [6.07, 6.45) is 4.02. The summed E-state index contributed by atoms with van der Waals surface area (Å²) < 4.78 is 22.0. The van der Waals surface area contributed by atoms with Gasteiger partial charge in [0.25, 0.3) is 0 Å². The van der Waals surface area contributed by atoms with Crippen LogP contribution < -0.4 is 19.5 Å². The predicted molar refractivity (Wildman–Crippen MR) is 138 cm³/mol. The molecule has 3 aromatic carbocycles. The fraction of sp³-hybridized carbons (Fsp3) is 0.207. The van der Waals surface area contributed by atoms with E-state index < -0.39 is 0 Å². The maximum absolute atomic E-state index is 12.7. The molecule has 1 amide bonds. The molecule has 1 aromatic heterocycles.